The first kappa shape index (κ1) is 23.5. The van der Waals surface area contributed by atoms with Gasteiger partial charge in [-0.1, -0.05) is 77.9 Å². The lowest BCUT2D eigenvalue weighted by Gasteiger charge is -2.45. The van der Waals surface area contributed by atoms with Crippen LogP contribution in [-0.2, 0) is 17.3 Å². The van der Waals surface area contributed by atoms with Crippen molar-refractivity contribution in [3.63, 3.8) is 0 Å². The van der Waals surface area contributed by atoms with Gasteiger partial charge in [-0.25, -0.2) is 9.97 Å². The van der Waals surface area contributed by atoms with Crippen LogP contribution in [0.5, 0.6) is 0 Å². The van der Waals surface area contributed by atoms with E-state index in [0.717, 1.165) is 50.2 Å². The first-order chi connectivity index (χ1) is 17.2. The van der Waals surface area contributed by atoms with E-state index in [-0.39, 0.29) is 22.4 Å². The van der Waals surface area contributed by atoms with Crippen molar-refractivity contribution in [3.8, 4) is 0 Å². The molecular formula is C32H40N4. The van der Waals surface area contributed by atoms with Gasteiger partial charge in [0, 0.05) is 27.6 Å². The summed E-state index contributed by atoms with van der Waals surface area (Å²) in [5.74, 6) is 2.06. The highest BCUT2D eigenvalue weighted by molar-refractivity contribution is 5.85. The molecule has 188 valence electrons. The maximum absolute atomic E-state index is 5.60. The molecule has 6 rings (SSSR count). The van der Waals surface area contributed by atoms with Crippen molar-refractivity contribution in [1.82, 2.24) is 9.97 Å². The molecule has 0 spiro atoms. The number of hydrogen-bond donors (Lipinski definition) is 0. The number of benzene rings is 2. The first-order valence-electron chi connectivity index (χ1n) is 13.9. The molecule has 1 atom stereocenters. The molecular weight excluding hydrogens is 440 g/mol. The Kier molecular flexibility index (Phi) is 5.27. The predicted molar refractivity (Wildman–Crippen MR) is 150 cm³/mol. The summed E-state index contributed by atoms with van der Waals surface area (Å²) in [6.07, 6.45) is 6.90. The summed E-state index contributed by atoms with van der Waals surface area (Å²) in [6.45, 7) is 14.1. The van der Waals surface area contributed by atoms with Crippen LogP contribution in [0.15, 0.2) is 54.6 Å². The molecule has 0 radical (unpaired) electrons. The first-order valence-corrected chi connectivity index (χ1v) is 13.9. The lowest BCUT2D eigenvalue weighted by atomic mass is 9.67. The van der Waals surface area contributed by atoms with Crippen molar-refractivity contribution in [1.29, 1.82) is 0 Å². The molecule has 1 aromatic heterocycles. The standard InChI is InChI=1S/C32H40N4/c1-7-32(8-2)19-18-22-14-12-13-17-24(22)36-28-27(35(29(32)36)23-15-10-9-11-16-23)33-25-26(34-28)31(5,6)21-20-30(25,3)4/h9-17,29H,7-8,18-21H2,1-6H3. The molecule has 0 bridgehead atoms. The third kappa shape index (κ3) is 3.26. The molecule has 36 heavy (non-hydrogen) atoms. The molecule has 0 saturated carbocycles. The number of nitrogens with zero attached hydrogens (tertiary/aromatic N) is 4. The van der Waals surface area contributed by atoms with Gasteiger partial charge < -0.3 is 9.80 Å². The minimum absolute atomic E-state index is 0.0136. The van der Waals surface area contributed by atoms with Crippen LogP contribution in [0.3, 0.4) is 0 Å². The van der Waals surface area contributed by atoms with Gasteiger partial charge in [-0.3, -0.25) is 0 Å². The number of anilines is 4. The van der Waals surface area contributed by atoms with Gasteiger partial charge in [0.15, 0.2) is 11.6 Å². The summed E-state index contributed by atoms with van der Waals surface area (Å²) >= 11 is 0. The predicted octanol–water partition coefficient (Wildman–Crippen LogP) is 8.19. The quantitative estimate of drug-likeness (QED) is 0.378. The Labute approximate surface area is 216 Å². The van der Waals surface area contributed by atoms with Crippen molar-refractivity contribution < 1.29 is 0 Å². The fourth-order valence-corrected chi connectivity index (χ4v) is 6.98. The molecule has 3 aliphatic rings. The van der Waals surface area contributed by atoms with Crippen LogP contribution in [0.4, 0.5) is 23.0 Å². The average Bonchev–Trinajstić information content (AvgIpc) is 3.15. The largest absolute Gasteiger partial charge is 0.301 e. The molecule has 0 saturated heterocycles. The van der Waals surface area contributed by atoms with E-state index < -0.39 is 0 Å². The van der Waals surface area contributed by atoms with E-state index in [9.17, 15) is 0 Å². The van der Waals surface area contributed by atoms with Gasteiger partial charge >= 0.3 is 0 Å². The summed E-state index contributed by atoms with van der Waals surface area (Å²) in [4.78, 5) is 16.3. The van der Waals surface area contributed by atoms with Crippen molar-refractivity contribution >= 4 is 23.0 Å². The zero-order valence-corrected chi connectivity index (χ0v) is 22.8. The van der Waals surface area contributed by atoms with Crippen molar-refractivity contribution in [2.24, 2.45) is 5.41 Å². The third-order valence-corrected chi connectivity index (χ3v) is 9.60. The van der Waals surface area contributed by atoms with E-state index in [0.29, 0.717) is 0 Å². The second kappa shape index (κ2) is 8.06. The topological polar surface area (TPSA) is 32.3 Å². The van der Waals surface area contributed by atoms with E-state index in [2.05, 4.69) is 106 Å². The SMILES string of the molecule is CCC1(CC)CCc2ccccc2N2c3nc4c(nc3N(c3ccccc3)C21)C(C)(C)CCC4(C)C. The van der Waals surface area contributed by atoms with Crippen molar-refractivity contribution in [3.05, 3.63) is 71.5 Å². The molecule has 0 amide bonds. The molecule has 2 aliphatic heterocycles. The molecule has 4 nitrogen and oxygen atoms in total. The van der Waals surface area contributed by atoms with Gasteiger partial charge in [-0.15, -0.1) is 0 Å². The minimum Gasteiger partial charge on any atom is -0.301 e. The Balaban J connectivity index is 1.70. The lowest BCUT2D eigenvalue weighted by molar-refractivity contribution is 0.195. The van der Waals surface area contributed by atoms with E-state index in [1.807, 2.05) is 0 Å². The third-order valence-electron chi connectivity index (χ3n) is 9.60. The van der Waals surface area contributed by atoms with E-state index >= 15 is 0 Å². The molecule has 0 N–H and O–H groups in total. The Bertz CT molecular complexity index is 1290. The molecule has 0 fully saturated rings. The Morgan fingerprint density at radius 1 is 0.722 bits per heavy atom. The number of hydrogen-bond acceptors (Lipinski definition) is 4. The highest BCUT2D eigenvalue weighted by Gasteiger charge is 2.54. The maximum atomic E-state index is 5.60. The van der Waals surface area contributed by atoms with Crippen LogP contribution < -0.4 is 9.80 Å². The van der Waals surface area contributed by atoms with E-state index in [1.54, 1.807) is 0 Å². The second-order valence-electron chi connectivity index (χ2n) is 12.5. The number of fused-ring (bicyclic) bond motifs is 6. The monoisotopic (exact) mass is 480 g/mol. The normalized spacial score (nSPS) is 22.8. The number of para-hydroxylation sites is 2. The molecule has 1 aliphatic carbocycles. The summed E-state index contributed by atoms with van der Waals surface area (Å²) in [5.41, 5.74) is 6.44. The number of aryl methyl sites for hydroxylation is 1. The fraction of sp³-hybridized carbons (Fsp3) is 0.500. The molecule has 4 heteroatoms. The summed E-state index contributed by atoms with van der Waals surface area (Å²) in [5, 5.41) is 0. The van der Waals surface area contributed by atoms with Crippen molar-refractivity contribution in [2.45, 2.75) is 97.1 Å². The molecule has 1 unspecified atom stereocenters. The van der Waals surface area contributed by atoms with Gasteiger partial charge in [0.2, 0.25) is 0 Å². The van der Waals surface area contributed by atoms with Gasteiger partial charge in [-0.2, -0.15) is 0 Å². The minimum atomic E-state index is 0.0136. The highest BCUT2D eigenvalue weighted by Crippen LogP contribution is 2.58. The van der Waals surface area contributed by atoms with E-state index in [4.69, 9.17) is 9.97 Å². The number of aromatic nitrogens is 2. The lowest BCUT2D eigenvalue weighted by Crippen LogP contribution is -2.51. The van der Waals surface area contributed by atoms with Crippen molar-refractivity contribution in [2.75, 3.05) is 9.80 Å². The van der Waals surface area contributed by atoms with Gasteiger partial charge in [0.25, 0.3) is 0 Å². The molecule has 3 heterocycles. The van der Waals surface area contributed by atoms with Gasteiger partial charge in [0.05, 0.1) is 11.4 Å². The smallest absolute Gasteiger partial charge is 0.179 e. The zero-order chi connectivity index (χ0) is 25.3. The Hall–Kier alpha value is -2.88. The molecule has 2 aromatic carbocycles. The number of rotatable bonds is 3. The van der Waals surface area contributed by atoms with Gasteiger partial charge in [0.1, 0.15) is 6.17 Å². The van der Waals surface area contributed by atoms with Crippen LogP contribution in [0.2, 0.25) is 0 Å². The van der Waals surface area contributed by atoms with Crippen LogP contribution in [-0.4, -0.2) is 16.1 Å². The highest BCUT2D eigenvalue weighted by atomic mass is 15.5. The second-order valence-corrected chi connectivity index (χ2v) is 12.5. The van der Waals surface area contributed by atoms with Crippen LogP contribution >= 0.6 is 0 Å². The average molecular weight is 481 g/mol. The van der Waals surface area contributed by atoms with Crippen LogP contribution in [0.25, 0.3) is 0 Å². The zero-order valence-electron chi connectivity index (χ0n) is 22.8. The summed E-state index contributed by atoms with van der Waals surface area (Å²) in [7, 11) is 0. The Morgan fingerprint density at radius 3 is 1.89 bits per heavy atom. The van der Waals surface area contributed by atoms with E-state index in [1.165, 1.54) is 28.3 Å². The summed E-state index contributed by atoms with van der Waals surface area (Å²) in [6, 6.07) is 19.9. The Morgan fingerprint density at radius 2 is 1.28 bits per heavy atom. The van der Waals surface area contributed by atoms with Gasteiger partial charge in [-0.05, 0) is 62.3 Å². The maximum Gasteiger partial charge on any atom is 0.179 e. The van der Waals surface area contributed by atoms with Crippen LogP contribution in [0.1, 0.15) is 90.6 Å². The summed E-state index contributed by atoms with van der Waals surface area (Å²) < 4.78 is 0. The fourth-order valence-electron chi connectivity index (χ4n) is 6.98. The van der Waals surface area contributed by atoms with Crippen LogP contribution in [0, 0.1) is 5.41 Å². The molecule has 3 aromatic rings.